The lowest BCUT2D eigenvalue weighted by Crippen LogP contribution is -2.58. The Morgan fingerprint density at radius 1 is 1.00 bits per heavy atom. The van der Waals surface area contributed by atoms with Gasteiger partial charge in [-0.3, -0.25) is 14.4 Å². The van der Waals surface area contributed by atoms with Gasteiger partial charge >= 0.3 is 11.9 Å². The molecule has 2 amide bonds. The highest BCUT2D eigenvalue weighted by Crippen LogP contribution is 2.03. The Morgan fingerprint density at radius 3 is 2.08 bits per heavy atom. The summed E-state index contributed by atoms with van der Waals surface area (Å²) in [7, 11) is 0. The molecule has 0 aliphatic heterocycles. The minimum Gasteiger partial charge on any atom is -0.481 e. The van der Waals surface area contributed by atoms with Gasteiger partial charge in [0.25, 0.3) is 0 Å². The summed E-state index contributed by atoms with van der Waals surface area (Å²) in [5.41, 5.74) is 11.1. The number of aliphatic hydroxyl groups is 1. The summed E-state index contributed by atoms with van der Waals surface area (Å²) in [5, 5.41) is 31.8. The number of carboxylic acid groups (broad SMARTS) is 2. The van der Waals surface area contributed by atoms with Crippen molar-refractivity contribution in [1.29, 1.82) is 0 Å². The fourth-order valence-electron chi connectivity index (χ4n) is 2.09. The molecular weight excluding hydrogens is 348 g/mol. The second-order valence-electron chi connectivity index (χ2n) is 5.95. The van der Waals surface area contributed by atoms with Crippen molar-refractivity contribution in [3.8, 4) is 0 Å². The minimum absolute atomic E-state index is 0.338. The average Bonchev–Trinajstić information content (AvgIpc) is 2.55. The molecule has 0 aromatic carbocycles. The molecule has 0 aromatic rings. The van der Waals surface area contributed by atoms with Crippen molar-refractivity contribution in [2.45, 2.75) is 63.3 Å². The van der Waals surface area contributed by atoms with Crippen LogP contribution in [0.25, 0.3) is 0 Å². The van der Waals surface area contributed by atoms with Crippen LogP contribution < -0.4 is 22.1 Å². The molecule has 150 valence electrons. The summed E-state index contributed by atoms with van der Waals surface area (Å²) in [5.74, 6) is -4.25. The van der Waals surface area contributed by atoms with Crippen LogP contribution in [0, 0.1) is 0 Å². The molecule has 0 fully saturated rings. The first-order chi connectivity index (χ1) is 12.1. The maximum absolute atomic E-state index is 12.2. The number of carbonyl (C=O) groups is 4. The monoisotopic (exact) mass is 376 g/mol. The Balaban J connectivity index is 4.84. The quantitative estimate of drug-likeness (QED) is 0.173. The molecule has 0 saturated carbocycles. The third kappa shape index (κ3) is 9.30. The highest BCUT2D eigenvalue weighted by atomic mass is 16.4. The third-order valence-electron chi connectivity index (χ3n) is 3.63. The Labute approximate surface area is 151 Å². The second-order valence-corrected chi connectivity index (χ2v) is 5.95. The molecule has 0 saturated heterocycles. The lowest BCUT2D eigenvalue weighted by Gasteiger charge is -2.24. The van der Waals surface area contributed by atoms with Crippen LogP contribution >= 0.6 is 0 Å². The van der Waals surface area contributed by atoms with Gasteiger partial charge in [-0.2, -0.15) is 0 Å². The van der Waals surface area contributed by atoms with E-state index in [1.54, 1.807) is 0 Å². The zero-order valence-corrected chi connectivity index (χ0v) is 14.7. The molecule has 0 heterocycles. The summed E-state index contributed by atoms with van der Waals surface area (Å²) < 4.78 is 0. The summed E-state index contributed by atoms with van der Waals surface area (Å²) in [6.45, 7) is 1.71. The molecule has 0 aliphatic carbocycles. The van der Waals surface area contributed by atoms with Crippen LogP contribution in [0.5, 0.6) is 0 Å². The first-order valence-corrected chi connectivity index (χ1v) is 8.29. The van der Waals surface area contributed by atoms with Gasteiger partial charge in [0.05, 0.1) is 12.1 Å². The first-order valence-electron chi connectivity index (χ1n) is 8.29. The van der Waals surface area contributed by atoms with E-state index in [0.29, 0.717) is 25.8 Å². The number of amides is 2. The lowest BCUT2D eigenvalue weighted by molar-refractivity contribution is -0.144. The number of carbonyl (C=O) groups excluding carboxylic acids is 2. The maximum atomic E-state index is 12.2. The Hall–Kier alpha value is -2.24. The van der Waals surface area contributed by atoms with E-state index < -0.39 is 54.4 Å². The van der Waals surface area contributed by atoms with E-state index >= 15 is 0 Å². The first kappa shape index (κ1) is 23.8. The van der Waals surface area contributed by atoms with E-state index in [2.05, 4.69) is 10.6 Å². The van der Waals surface area contributed by atoms with Crippen molar-refractivity contribution >= 4 is 23.8 Å². The number of nitrogens with two attached hydrogens (primary N) is 2. The van der Waals surface area contributed by atoms with Crippen molar-refractivity contribution in [3.05, 3.63) is 0 Å². The second kappa shape index (κ2) is 12.2. The number of aliphatic hydroxyl groups excluding tert-OH is 1. The summed E-state index contributed by atoms with van der Waals surface area (Å²) >= 11 is 0. The molecular formula is C15H28N4O7. The predicted octanol–water partition coefficient (Wildman–Crippen LogP) is -2.26. The Morgan fingerprint density at radius 2 is 1.62 bits per heavy atom. The Bertz CT molecular complexity index is 498. The van der Waals surface area contributed by atoms with Crippen molar-refractivity contribution in [2.75, 3.05) is 6.54 Å². The summed E-state index contributed by atoms with van der Waals surface area (Å²) in [4.78, 5) is 45.9. The molecule has 4 atom stereocenters. The fraction of sp³-hybridized carbons (Fsp3) is 0.733. The van der Waals surface area contributed by atoms with Crippen molar-refractivity contribution < 1.29 is 34.5 Å². The molecule has 26 heavy (non-hydrogen) atoms. The molecule has 0 radical (unpaired) electrons. The van der Waals surface area contributed by atoms with E-state index in [1.807, 2.05) is 0 Å². The van der Waals surface area contributed by atoms with Gasteiger partial charge in [0.1, 0.15) is 12.1 Å². The number of unbranched alkanes of at least 4 members (excludes halogenated alkanes) is 1. The van der Waals surface area contributed by atoms with Gasteiger partial charge in [0, 0.05) is 6.42 Å². The molecule has 0 aromatic heterocycles. The number of hydrogen-bond donors (Lipinski definition) is 7. The number of hydrogen-bond acceptors (Lipinski definition) is 7. The van der Waals surface area contributed by atoms with Crippen LogP contribution in [0.2, 0.25) is 0 Å². The van der Waals surface area contributed by atoms with Gasteiger partial charge in [0.15, 0.2) is 0 Å². The largest absolute Gasteiger partial charge is 0.481 e. The van der Waals surface area contributed by atoms with Crippen LogP contribution in [-0.4, -0.2) is 69.8 Å². The standard InChI is InChI=1S/C15H28N4O7/c1-8(20)12(19-13(23)9(17)4-2-3-7-16)14(24)18-10(15(25)26)5-6-11(21)22/h8-10,12,20H,2-7,16-17H2,1H3,(H,18,24)(H,19,23)(H,21,22)(H,25,26)/t8-,9+,10+,12+/m1/s1. The topological polar surface area (TPSA) is 205 Å². The van der Waals surface area contributed by atoms with Gasteiger partial charge in [-0.05, 0) is 32.7 Å². The zero-order chi connectivity index (χ0) is 20.3. The molecule has 0 rings (SSSR count). The number of aliphatic carboxylic acids is 2. The van der Waals surface area contributed by atoms with Gasteiger partial charge in [-0.15, -0.1) is 0 Å². The number of carboxylic acids is 2. The van der Waals surface area contributed by atoms with E-state index in [1.165, 1.54) is 6.92 Å². The average molecular weight is 376 g/mol. The van der Waals surface area contributed by atoms with E-state index in [9.17, 15) is 24.3 Å². The third-order valence-corrected chi connectivity index (χ3v) is 3.63. The predicted molar refractivity (Wildman–Crippen MR) is 90.9 cm³/mol. The summed E-state index contributed by atoms with van der Waals surface area (Å²) in [6, 6.07) is -3.79. The lowest BCUT2D eigenvalue weighted by atomic mass is 10.1. The van der Waals surface area contributed by atoms with Gasteiger partial charge in [-0.25, -0.2) is 4.79 Å². The number of rotatable bonds is 13. The maximum Gasteiger partial charge on any atom is 0.326 e. The van der Waals surface area contributed by atoms with Gasteiger partial charge < -0.3 is 37.4 Å². The van der Waals surface area contributed by atoms with Crippen molar-refractivity contribution in [2.24, 2.45) is 11.5 Å². The molecule has 0 bridgehead atoms. The van der Waals surface area contributed by atoms with Crippen LogP contribution in [0.4, 0.5) is 0 Å². The molecule has 11 nitrogen and oxygen atoms in total. The van der Waals surface area contributed by atoms with Gasteiger partial charge in [0.2, 0.25) is 11.8 Å². The highest BCUT2D eigenvalue weighted by molar-refractivity contribution is 5.92. The Kier molecular flexibility index (Phi) is 11.1. The van der Waals surface area contributed by atoms with E-state index in [0.717, 1.165) is 0 Å². The molecule has 0 unspecified atom stereocenters. The SMILES string of the molecule is C[C@@H](O)[C@H](NC(=O)[C@@H](N)CCCCN)C(=O)N[C@@H](CCC(=O)O)C(=O)O. The zero-order valence-electron chi connectivity index (χ0n) is 14.7. The van der Waals surface area contributed by atoms with Gasteiger partial charge in [-0.1, -0.05) is 6.42 Å². The fourth-order valence-corrected chi connectivity index (χ4v) is 2.09. The summed E-state index contributed by atoms with van der Waals surface area (Å²) in [6.07, 6.45) is -0.472. The normalized spacial score (nSPS) is 15.4. The molecule has 0 spiro atoms. The van der Waals surface area contributed by atoms with Crippen molar-refractivity contribution in [3.63, 3.8) is 0 Å². The molecule has 11 heteroatoms. The number of nitrogens with one attached hydrogen (secondary N) is 2. The molecule has 0 aliphatic rings. The highest BCUT2D eigenvalue weighted by Gasteiger charge is 2.31. The molecule has 9 N–H and O–H groups in total. The smallest absolute Gasteiger partial charge is 0.326 e. The van der Waals surface area contributed by atoms with E-state index in [-0.39, 0.29) is 6.42 Å². The van der Waals surface area contributed by atoms with Crippen LogP contribution in [-0.2, 0) is 19.2 Å². The minimum atomic E-state index is -1.46. The van der Waals surface area contributed by atoms with E-state index in [4.69, 9.17) is 21.7 Å². The van der Waals surface area contributed by atoms with Crippen molar-refractivity contribution in [1.82, 2.24) is 10.6 Å². The van der Waals surface area contributed by atoms with Crippen LogP contribution in [0.1, 0.15) is 39.0 Å². The van der Waals surface area contributed by atoms with Crippen LogP contribution in [0.3, 0.4) is 0 Å². The van der Waals surface area contributed by atoms with Crippen LogP contribution in [0.15, 0.2) is 0 Å².